The minimum Gasteiger partial charge on any atom is -0.380 e. The third-order valence-corrected chi connectivity index (χ3v) is 2.79. The number of methoxy groups -OCH3 is 1. The van der Waals surface area contributed by atoms with Gasteiger partial charge < -0.3 is 15.8 Å². The van der Waals surface area contributed by atoms with Crippen LogP contribution < -0.4 is 11.1 Å². The molecule has 0 bridgehead atoms. The summed E-state index contributed by atoms with van der Waals surface area (Å²) in [5, 5.41) is 2.84. The monoisotopic (exact) mass is 250 g/mol. The Morgan fingerprint density at radius 3 is 2.67 bits per heavy atom. The van der Waals surface area contributed by atoms with Crippen LogP contribution >= 0.6 is 0 Å². The Bertz CT molecular complexity index is 391. The summed E-state index contributed by atoms with van der Waals surface area (Å²) < 4.78 is 5.07. The van der Waals surface area contributed by atoms with E-state index in [1.165, 1.54) is 0 Å². The van der Waals surface area contributed by atoms with Crippen LogP contribution in [0, 0.1) is 5.92 Å². The second-order valence-electron chi connectivity index (χ2n) is 4.74. The quantitative estimate of drug-likeness (QED) is 0.803. The molecule has 3 N–H and O–H groups in total. The molecule has 18 heavy (non-hydrogen) atoms. The third-order valence-electron chi connectivity index (χ3n) is 2.79. The average Bonchev–Trinajstić information content (AvgIpc) is 2.36. The van der Waals surface area contributed by atoms with E-state index >= 15 is 0 Å². The number of rotatable bonds is 6. The molecular weight excluding hydrogens is 228 g/mol. The van der Waals surface area contributed by atoms with Crippen LogP contribution in [0.15, 0.2) is 24.3 Å². The zero-order valence-corrected chi connectivity index (χ0v) is 11.3. The Hall–Kier alpha value is -1.39. The van der Waals surface area contributed by atoms with Crippen molar-refractivity contribution in [3.05, 3.63) is 35.4 Å². The summed E-state index contributed by atoms with van der Waals surface area (Å²) in [5.74, 6) is 0.0342. The number of nitrogens with one attached hydrogen (secondary N) is 1. The minimum atomic E-state index is -0.452. The van der Waals surface area contributed by atoms with E-state index in [9.17, 15) is 4.79 Å². The van der Waals surface area contributed by atoms with Gasteiger partial charge in [-0.1, -0.05) is 38.1 Å². The summed E-state index contributed by atoms with van der Waals surface area (Å²) in [6.07, 6.45) is 0. The second kappa shape index (κ2) is 7.13. The van der Waals surface area contributed by atoms with Gasteiger partial charge in [0, 0.05) is 13.7 Å². The van der Waals surface area contributed by atoms with E-state index < -0.39 is 6.04 Å². The molecular formula is C14H22N2O2. The smallest absolute Gasteiger partial charge is 0.237 e. The molecule has 0 aliphatic carbocycles. The fourth-order valence-electron chi connectivity index (χ4n) is 1.61. The molecule has 0 aliphatic rings. The molecule has 0 aliphatic heterocycles. The van der Waals surface area contributed by atoms with E-state index in [1.807, 2.05) is 38.1 Å². The second-order valence-corrected chi connectivity index (χ2v) is 4.74. The highest BCUT2D eigenvalue weighted by atomic mass is 16.5. The van der Waals surface area contributed by atoms with Gasteiger partial charge in [-0.05, 0) is 17.0 Å². The Kier molecular flexibility index (Phi) is 5.82. The molecule has 0 spiro atoms. The molecule has 0 fully saturated rings. The molecule has 4 heteroatoms. The molecule has 1 aromatic carbocycles. The maximum absolute atomic E-state index is 11.7. The predicted molar refractivity (Wildman–Crippen MR) is 71.8 cm³/mol. The molecule has 100 valence electrons. The number of hydrogen-bond acceptors (Lipinski definition) is 3. The molecule has 1 rings (SSSR count). The molecule has 0 aromatic heterocycles. The van der Waals surface area contributed by atoms with Gasteiger partial charge in [0.15, 0.2) is 0 Å². The van der Waals surface area contributed by atoms with Crippen LogP contribution in [0.2, 0.25) is 0 Å². The first-order chi connectivity index (χ1) is 8.54. The van der Waals surface area contributed by atoms with Gasteiger partial charge in [-0.25, -0.2) is 0 Å². The van der Waals surface area contributed by atoms with E-state index in [-0.39, 0.29) is 11.8 Å². The summed E-state index contributed by atoms with van der Waals surface area (Å²) in [6, 6.07) is 7.49. The first-order valence-corrected chi connectivity index (χ1v) is 6.14. The zero-order chi connectivity index (χ0) is 13.5. The van der Waals surface area contributed by atoms with Crippen molar-refractivity contribution in [1.82, 2.24) is 5.32 Å². The van der Waals surface area contributed by atoms with Crippen molar-refractivity contribution in [3.63, 3.8) is 0 Å². The first kappa shape index (κ1) is 14.7. The molecule has 1 atom stereocenters. The molecule has 0 heterocycles. The molecule has 1 aromatic rings. The van der Waals surface area contributed by atoms with Gasteiger partial charge in [0.2, 0.25) is 5.91 Å². The van der Waals surface area contributed by atoms with Crippen molar-refractivity contribution < 1.29 is 9.53 Å². The maximum Gasteiger partial charge on any atom is 0.237 e. The number of amides is 1. The maximum atomic E-state index is 11.7. The SMILES string of the molecule is COCc1cccc(CNC(=O)[C@H](N)C(C)C)c1. The lowest BCUT2D eigenvalue weighted by atomic mass is 10.0. The number of nitrogens with two attached hydrogens (primary N) is 1. The van der Waals surface area contributed by atoms with E-state index in [1.54, 1.807) is 7.11 Å². The lowest BCUT2D eigenvalue weighted by Gasteiger charge is -2.15. The van der Waals surface area contributed by atoms with Crippen LogP contribution in [0.1, 0.15) is 25.0 Å². The molecule has 0 radical (unpaired) electrons. The van der Waals surface area contributed by atoms with E-state index in [4.69, 9.17) is 10.5 Å². The van der Waals surface area contributed by atoms with Crippen LogP contribution in [0.25, 0.3) is 0 Å². The third kappa shape index (κ3) is 4.47. The van der Waals surface area contributed by atoms with Crippen LogP contribution in [0.5, 0.6) is 0 Å². The molecule has 0 saturated carbocycles. The van der Waals surface area contributed by atoms with Crippen molar-refractivity contribution in [2.45, 2.75) is 33.0 Å². The highest BCUT2D eigenvalue weighted by Gasteiger charge is 2.16. The summed E-state index contributed by atoms with van der Waals surface area (Å²) >= 11 is 0. The molecule has 0 unspecified atom stereocenters. The fourth-order valence-corrected chi connectivity index (χ4v) is 1.61. The largest absolute Gasteiger partial charge is 0.380 e. The number of carbonyl (C=O) groups excluding carboxylic acids is 1. The van der Waals surface area contributed by atoms with Crippen LogP contribution in [0.3, 0.4) is 0 Å². The summed E-state index contributed by atoms with van der Waals surface area (Å²) in [4.78, 5) is 11.7. The lowest BCUT2D eigenvalue weighted by Crippen LogP contribution is -2.43. The van der Waals surface area contributed by atoms with Crippen LogP contribution in [-0.4, -0.2) is 19.1 Å². The number of benzene rings is 1. The minimum absolute atomic E-state index is 0.109. The van der Waals surface area contributed by atoms with Crippen molar-refractivity contribution >= 4 is 5.91 Å². The first-order valence-electron chi connectivity index (χ1n) is 6.14. The van der Waals surface area contributed by atoms with E-state index in [0.717, 1.165) is 11.1 Å². The van der Waals surface area contributed by atoms with Gasteiger partial charge in [-0.2, -0.15) is 0 Å². The van der Waals surface area contributed by atoms with Crippen LogP contribution in [0.4, 0.5) is 0 Å². The zero-order valence-electron chi connectivity index (χ0n) is 11.3. The standard InChI is InChI=1S/C14H22N2O2/c1-10(2)13(15)14(17)16-8-11-5-4-6-12(7-11)9-18-3/h4-7,10,13H,8-9,15H2,1-3H3,(H,16,17)/t13-/m1/s1. The predicted octanol–water partition coefficient (Wildman–Crippen LogP) is 1.43. The molecule has 1 amide bonds. The highest BCUT2D eigenvalue weighted by Crippen LogP contribution is 2.06. The van der Waals surface area contributed by atoms with E-state index in [0.29, 0.717) is 13.2 Å². The molecule has 4 nitrogen and oxygen atoms in total. The van der Waals surface area contributed by atoms with Crippen molar-refractivity contribution in [2.75, 3.05) is 7.11 Å². The van der Waals surface area contributed by atoms with Gasteiger partial charge in [-0.3, -0.25) is 4.79 Å². The van der Waals surface area contributed by atoms with Gasteiger partial charge in [0.1, 0.15) is 0 Å². The lowest BCUT2D eigenvalue weighted by molar-refractivity contribution is -0.123. The van der Waals surface area contributed by atoms with Crippen molar-refractivity contribution in [2.24, 2.45) is 11.7 Å². The average molecular weight is 250 g/mol. The Morgan fingerprint density at radius 2 is 2.06 bits per heavy atom. The number of ether oxygens (including phenoxy) is 1. The van der Waals surface area contributed by atoms with Crippen molar-refractivity contribution in [3.8, 4) is 0 Å². The van der Waals surface area contributed by atoms with Gasteiger partial charge >= 0.3 is 0 Å². The van der Waals surface area contributed by atoms with Gasteiger partial charge in [-0.15, -0.1) is 0 Å². The van der Waals surface area contributed by atoms with Crippen LogP contribution in [-0.2, 0) is 22.7 Å². The van der Waals surface area contributed by atoms with Gasteiger partial charge in [0.25, 0.3) is 0 Å². The highest BCUT2D eigenvalue weighted by molar-refractivity contribution is 5.81. The Labute approximate surface area is 109 Å². The topological polar surface area (TPSA) is 64.3 Å². The van der Waals surface area contributed by atoms with Gasteiger partial charge in [0.05, 0.1) is 12.6 Å². The summed E-state index contributed by atoms with van der Waals surface area (Å²) in [5.41, 5.74) is 7.91. The number of carbonyl (C=O) groups is 1. The van der Waals surface area contributed by atoms with E-state index in [2.05, 4.69) is 5.32 Å². The summed E-state index contributed by atoms with van der Waals surface area (Å²) in [7, 11) is 1.66. The molecule has 0 saturated heterocycles. The normalized spacial score (nSPS) is 12.5. The van der Waals surface area contributed by atoms with Crippen molar-refractivity contribution in [1.29, 1.82) is 0 Å². The Morgan fingerprint density at radius 1 is 1.39 bits per heavy atom. The number of hydrogen-bond donors (Lipinski definition) is 2. The fraction of sp³-hybridized carbons (Fsp3) is 0.500. The summed E-state index contributed by atoms with van der Waals surface area (Å²) in [6.45, 7) is 4.94. The Balaban J connectivity index is 2.53.